The van der Waals surface area contributed by atoms with Crippen LogP contribution >= 0.6 is 15.9 Å². The van der Waals surface area contributed by atoms with Crippen LogP contribution in [0.1, 0.15) is 15.9 Å². The number of rotatable bonds is 0. The molecule has 14 heavy (non-hydrogen) atoms. The molecule has 0 unspecified atom stereocenters. The Bertz CT molecular complexity index is 540. The topological polar surface area (TPSA) is 30.2 Å². The fourth-order valence-corrected chi connectivity index (χ4v) is 2.38. The van der Waals surface area contributed by atoms with Gasteiger partial charge in [-0.15, -0.1) is 0 Å². The molecule has 68 valence electrons. The van der Waals surface area contributed by atoms with Crippen molar-refractivity contribution < 1.29 is 9.21 Å². The highest BCUT2D eigenvalue weighted by atomic mass is 79.9. The van der Waals surface area contributed by atoms with Gasteiger partial charge >= 0.3 is 0 Å². The highest BCUT2D eigenvalue weighted by molar-refractivity contribution is 9.10. The highest BCUT2D eigenvalue weighted by Crippen LogP contribution is 2.41. The van der Waals surface area contributed by atoms with E-state index in [1.54, 1.807) is 6.26 Å². The lowest BCUT2D eigenvalue weighted by Gasteiger charge is -1.99. The minimum absolute atomic E-state index is 0.0463. The van der Waals surface area contributed by atoms with Crippen LogP contribution < -0.4 is 0 Å². The van der Waals surface area contributed by atoms with Gasteiger partial charge in [-0.1, -0.05) is 28.1 Å². The zero-order valence-electron chi connectivity index (χ0n) is 7.08. The maximum atomic E-state index is 11.8. The van der Waals surface area contributed by atoms with Crippen LogP contribution in [0.15, 0.2) is 39.6 Å². The fraction of sp³-hybridized carbons (Fsp3) is 0. The van der Waals surface area contributed by atoms with Gasteiger partial charge in [0, 0.05) is 21.2 Å². The second kappa shape index (κ2) is 2.58. The van der Waals surface area contributed by atoms with E-state index in [9.17, 15) is 4.79 Å². The number of carbonyl (C=O) groups is 1. The molecule has 2 aromatic rings. The van der Waals surface area contributed by atoms with Crippen LogP contribution in [0.3, 0.4) is 0 Å². The molecule has 0 saturated carbocycles. The van der Waals surface area contributed by atoms with Gasteiger partial charge in [0.05, 0.1) is 11.8 Å². The molecule has 0 N–H and O–H groups in total. The average molecular weight is 249 g/mol. The van der Waals surface area contributed by atoms with Crippen molar-refractivity contribution in [1.82, 2.24) is 0 Å². The van der Waals surface area contributed by atoms with Crippen molar-refractivity contribution in [2.75, 3.05) is 0 Å². The molecule has 0 saturated heterocycles. The summed E-state index contributed by atoms with van der Waals surface area (Å²) in [5.41, 5.74) is 3.24. The summed E-state index contributed by atoms with van der Waals surface area (Å²) in [4.78, 5) is 11.8. The third-order valence-corrected chi connectivity index (χ3v) is 3.09. The fourth-order valence-electron chi connectivity index (χ4n) is 1.80. The molecule has 0 radical (unpaired) electrons. The van der Waals surface area contributed by atoms with E-state index in [2.05, 4.69) is 15.9 Å². The van der Waals surface area contributed by atoms with E-state index in [0.717, 1.165) is 21.2 Å². The van der Waals surface area contributed by atoms with Crippen LogP contribution in [0.25, 0.3) is 11.1 Å². The Balaban J connectivity index is 2.46. The molecule has 0 spiro atoms. The van der Waals surface area contributed by atoms with Crippen LogP contribution in [0.4, 0.5) is 0 Å². The molecule has 1 aliphatic rings. The van der Waals surface area contributed by atoms with Gasteiger partial charge in [-0.25, -0.2) is 0 Å². The third-order valence-electron chi connectivity index (χ3n) is 2.43. The van der Waals surface area contributed by atoms with E-state index >= 15 is 0 Å². The van der Waals surface area contributed by atoms with Crippen LogP contribution in [-0.2, 0) is 0 Å². The number of furan rings is 1. The van der Waals surface area contributed by atoms with Crippen LogP contribution in [0, 0.1) is 0 Å². The molecule has 2 nitrogen and oxygen atoms in total. The van der Waals surface area contributed by atoms with Gasteiger partial charge in [0.25, 0.3) is 0 Å². The Morgan fingerprint density at radius 2 is 1.86 bits per heavy atom. The van der Waals surface area contributed by atoms with E-state index in [-0.39, 0.29) is 5.78 Å². The van der Waals surface area contributed by atoms with Crippen LogP contribution in [-0.4, -0.2) is 5.78 Å². The van der Waals surface area contributed by atoms with Crippen molar-refractivity contribution in [3.8, 4) is 11.1 Å². The van der Waals surface area contributed by atoms with Gasteiger partial charge in [0.1, 0.15) is 6.26 Å². The molecule has 0 bridgehead atoms. The first-order valence-corrected chi connectivity index (χ1v) is 4.98. The van der Waals surface area contributed by atoms with E-state index in [0.29, 0.717) is 5.56 Å². The standard InChI is InChI=1S/C11H5BrO2/c12-9-3-1-2-6-10(9)7-4-14-5-8(7)11(6)13/h1-5H. The number of ketones is 1. The van der Waals surface area contributed by atoms with Crippen molar-refractivity contribution in [2.24, 2.45) is 0 Å². The van der Waals surface area contributed by atoms with Gasteiger partial charge in [-0.3, -0.25) is 4.79 Å². The minimum Gasteiger partial charge on any atom is -0.471 e. The first-order chi connectivity index (χ1) is 6.79. The number of carbonyl (C=O) groups excluding carboxylic acids is 1. The predicted molar refractivity (Wildman–Crippen MR) is 55.3 cm³/mol. The molecule has 0 amide bonds. The second-order valence-electron chi connectivity index (χ2n) is 3.19. The molecule has 1 aromatic carbocycles. The van der Waals surface area contributed by atoms with Gasteiger partial charge < -0.3 is 4.42 Å². The number of halogens is 1. The Kier molecular flexibility index (Phi) is 1.47. The lowest BCUT2D eigenvalue weighted by molar-refractivity contribution is 0.104. The molecule has 1 aliphatic carbocycles. The summed E-state index contributed by atoms with van der Waals surface area (Å²) in [6, 6.07) is 5.63. The molecule has 1 aromatic heterocycles. The van der Waals surface area contributed by atoms with E-state index in [1.165, 1.54) is 6.26 Å². The maximum absolute atomic E-state index is 11.8. The smallest absolute Gasteiger partial charge is 0.197 e. The third kappa shape index (κ3) is 0.826. The second-order valence-corrected chi connectivity index (χ2v) is 4.04. The molecular formula is C11H5BrO2. The zero-order chi connectivity index (χ0) is 9.71. The van der Waals surface area contributed by atoms with Crippen LogP contribution in [0.2, 0.25) is 0 Å². The first kappa shape index (κ1) is 8.00. The van der Waals surface area contributed by atoms with Gasteiger partial charge in [0.15, 0.2) is 5.78 Å². The monoisotopic (exact) mass is 248 g/mol. The summed E-state index contributed by atoms with van der Waals surface area (Å²) < 4.78 is 5.96. The highest BCUT2D eigenvalue weighted by Gasteiger charge is 2.29. The number of fused-ring (bicyclic) bond motifs is 3. The summed E-state index contributed by atoms with van der Waals surface area (Å²) in [5, 5.41) is 0. The molecular weight excluding hydrogens is 244 g/mol. The van der Waals surface area contributed by atoms with Crippen molar-refractivity contribution in [3.05, 3.63) is 46.3 Å². The Morgan fingerprint density at radius 1 is 1.07 bits per heavy atom. The summed E-state index contributed by atoms with van der Waals surface area (Å²) in [7, 11) is 0. The van der Waals surface area contributed by atoms with Gasteiger partial charge in [-0.05, 0) is 6.07 Å². The van der Waals surface area contributed by atoms with Crippen molar-refractivity contribution >= 4 is 21.7 Å². The quantitative estimate of drug-likeness (QED) is 0.612. The molecule has 3 rings (SSSR count). The van der Waals surface area contributed by atoms with E-state index in [4.69, 9.17) is 4.42 Å². The normalized spacial score (nSPS) is 12.8. The number of hydrogen-bond donors (Lipinski definition) is 0. The SMILES string of the molecule is O=C1c2cocc2-c2c(Br)cccc21. The summed E-state index contributed by atoms with van der Waals surface area (Å²) in [6.45, 7) is 0. The van der Waals surface area contributed by atoms with E-state index in [1.807, 2.05) is 18.2 Å². The Hall–Kier alpha value is -1.35. The molecule has 0 fully saturated rings. The Morgan fingerprint density at radius 3 is 2.71 bits per heavy atom. The summed E-state index contributed by atoms with van der Waals surface area (Å²) in [5.74, 6) is 0.0463. The van der Waals surface area contributed by atoms with Gasteiger partial charge in [-0.2, -0.15) is 0 Å². The average Bonchev–Trinajstić information content (AvgIpc) is 2.72. The summed E-state index contributed by atoms with van der Waals surface area (Å²) in [6.07, 6.45) is 3.12. The molecule has 3 heteroatoms. The van der Waals surface area contributed by atoms with Crippen molar-refractivity contribution in [3.63, 3.8) is 0 Å². The van der Waals surface area contributed by atoms with Crippen LogP contribution in [0.5, 0.6) is 0 Å². The zero-order valence-corrected chi connectivity index (χ0v) is 8.67. The van der Waals surface area contributed by atoms with Crippen molar-refractivity contribution in [2.45, 2.75) is 0 Å². The molecule has 0 atom stereocenters. The first-order valence-electron chi connectivity index (χ1n) is 4.19. The lowest BCUT2D eigenvalue weighted by Crippen LogP contribution is -1.93. The maximum Gasteiger partial charge on any atom is 0.197 e. The van der Waals surface area contributed by atoms with Crippen molar-refractivity contribution in [1.29, 1.82) is 0 Å². The molecule has 1 heterocycles. The molecule has 0 aliphatic heterocycles. The number of hydrogen-bond acceptors (Lipinski definition) is 2. The summed E-state index contributed by atoms with van der Waals surface area (Å²) >= 11 is 3.44. The minimum atomic E-state index is 0.0463. The predicted octanol–water partition coefficient (Wildman–Crippen LogP) is 3.25. The Labute approximate surface area is 88.7 Å². The largest absolute Gasteiger partial charge is 0.471 e. The lowest BCUT2D eigenvalue weighted by atomic mass is 10.1. The van der Waals surface area contributed by atoms with E-state index < -0.39 is 0 Å². The number of benzene rings is 1. The van der Waals surface area contributed by atoms with Gasteiger partial charge in [0.2, 0.25) is 0 Å².